The maximum Gasteiger partial charge on any atom is 0.262 e. The SMILES string of the molecule is CC[CH2][Al]([CH2]CC)[CH2]C(C)C. The first-order chi connectivity index (χ1) is 5.20. The highest BCUT2D eigenvalue weighted by molar-refractivity contribution is 6.58. The van der Waals surface area contributed by atoms with Gasteiger partial charge in [-0.3, -0.25) is 0 Å². The minimum Gasteiger partial charge on any atom is -0.0941 e. The molecule has 0 unspecified atom stereocenters. The third kappa shape index (κ3) is 6.91. The molecule has 0 N–H and O–H groups in total. The van der Waals surface area contributed by atoms with E-state index in [0.29, 0.717) is 0 Å². The molecule has 0 aliphatic carbocycles. The summed E-state index contributed by atoms with van der Waals surface area (Å²) in [6, 6.07) is 0. The largest absolute Gasteiger partial charge is 0.262 e. The molecule has 0 aromatic carbocycles. The lowest BCUT2D eigenvalue weighted by molar-refractivity contribution is 0.718. The molecule has 0 radical (unpaired) electrons. The fraction of sp³-hybridized carbons (Fsp3) is 1.00. The highest BCUT2D eigenvalue weighted by atomic mass is 27.2. The fourth-order valence-electron chi connectivity index (χ4n) is 1.86. The van der Waals surface area contributed by atoms with E-state index >= 15 is 0 Å². The molecule has 11 heavy (non-hydrogen) atoms. The topological polar surface area (TPSA) is 0 Å². The zero-order valence-corrected chi connectivity index (χ0v) is 9.84. The fourth-order valence-corrected chi connectivity index (χ4v) is 5.59. The molecular weight excluding hydrogens is 147 g/mol. The first-order valence-electron chi connectivity index (χ1n) is 5.20. The second-order valence-electron chi connectivity index (χ2n) is 4.07. The van der Waals surface area contributed by atoms with E-state index in [9.17, 15) is 0 Å². The summed E-state index contributed by atoms with van der Waals surface area (Å²) < 4.78 is 0. The highest BCUT2D eigenvalue weighted by Gasteiger charge is 2.15. The maximum atomic E-state index is 2.37. The molecule has 0 saturated carbocycles. The maximum absolute atomic E-state index is 2.37. The van der Waals surface area contributed by atoms with Crippen molar-refractivity contribution in [1.29, 1.82) is 0 Å². The van der Waals surface area contributed by atoms with Crippen molar-refractivity contribution in [3.63, 3.8) is 0 Å². The van der Waals surface area contributed by atoms with Gasteiger partial charge >= 0.3 is 0 Å². The van der Waals surface area contributed by atoms with Gasteiger partial charge in [-0.2, -0.15) is 0 Å². The Kier molecular flexibility index (Phi) is 7.54. The molecule has 0 heterocycles. The summed E-state index contributed by atoms with van der Waals surface area (Å²) in [6.45, 7) is 9.39. The van der Waals surface area contributed by atoms with Crippen molar-refractivity contribution >= 4 is 14.1 Å². The summed E-state index contributed by atoms with van der Waals surface area (Å²) in [5.41, 5.74) is 0. The smallest absolute Gasteiger partial charge is 0.0941 e. The van der Waals surface area contributed by atoms with Crippen LogP contribution in [0.15, 0.2) is 0 Å². The molecule has 0 aliphatic heterocycles. The summed E-state index contributed by atoms with van der Waals surface area (Å²) in [7, 11) is 0. The Morgan fingerprint density at radius 1 is 1.00 bits per heavy atom. The first-order valence-corrected chi connectivity index (χ1v) is 7.65. The van der Waals surface area contributed by atoms with Crippen LogP contribution in [-0.2, 0) is 0 Å². The molecule has 0 aromatic heterocycles. The van der Waals surface area contributed by atoms with E-state index in [1.807, 2.05) is 0 Å². The lowest BCUT2D eigenvalue weighted by Crippen LogP contribution is -2.13. The Labute approximate surface area is 76.8 Å². The molecule has 66 valence electrons. The Morgan fingerprint density at radius 2 is 1.45 bits per heavy atom. The Hall–Kier alpha value is 0.532. The standard InChI is InChI=1S/C4H9.2C3H7.Al/c1-4(2)3;2*1-3-2;/h4H,1H2,2-3H3;2*1,3H2,2H3;. The van der Waals surface area contributed by atoms with Gasteiger partial charge in [-0.05, 0) is 0 Å². The molecule has 0 aromatic rings. The van der Waals surface area contributed by atoms with E-state index in [1.165, 1.54) is 12.8 Å². The predicted octanol–water partition coefficient (Wildman–Crippen LogP) is 3.96. The summed E-state index contributed by atoms with van der Waals surface area (Å²) >= 11 is -0.292. The minimum atomic E-state index is -0.292. The van der Waals surface area contributed by atoms with Crippen molar-refractivity contribution in [2.75, 3.05) is 0 Å². The number of rotatable bonds is 6. The van der Waals surface area contributed by atoms with Crippen molar-refractivity contribution in [3.05, 3.63) is 0 Å². The Morgan fingerprint density at radius 3 is 1.73 bits per heavy atom. The predicted molar refractivity (Wildman–Crippen MR) is 55.6 cm³/mol. The van der Waals surface area contributed by atoms with Crippen LogP contribution in [0.25, 0.3) is 0 Å². The van der Waals surface area contributed by atoms with Crippen LogP contribution in [0.4, 0.5) is 0 Å². The van der Waals surface area contributed by atoms with Gasteiger partial charge in [0.15, 0.2) is 0 Å². The quantitative estimate of drug-likeness (QED) is 0.529. The van der Waals surface area contributed by atoms with Crippen molar-refractivity contribution < 1.29 is 0 Å². The van der Waals surface area contributed by atoms with Crippen molar-refractivity contribution in [2.24, 2.45) is 5.92 Å². The summed E-state index contributed by atoms with van der Waals surface area (Å²) in [5.74, 6) is 0.949. The monoisotopic (exact) mass is 170 g/mol. The molecule has 0 aliphatic rings. The molecule has 0 atom stereocenters. The van der Waals surface area contributed by atoms with E-state index in [4.69, 9.17) is 0 Å². The molecule has 0 rings (SSSR count). The summed E-state index contributed by atoms with van der Waals surface area (Å²) in [5, 5.41) is 4.72. The molecule has 0 spiro atoms. The minimum absolute atomic E-state index is 0.292. The van der Waals surface area contributed by atoms with Gasteiger partial charge in [0, 0.05) is 0 Å². The zero-order chi connectivity index (χ0) is 8.69. The molecule has 0 saturated heterocycles. The molecule has 0 amide bonds. The van der Waals surface area contributed by atoms with Crippen LogP contribution in [0.2, 0.25) is 15.8 Å². The van der Waals surface area contributed by atoms with Crippen LogP contribution >= 0.6 is 0 Å². The molecule has 0 nitrogen and oxygen atoms in total. The van der Waals surface area contributed by atoms with Gasteiger partial charge in [0.25, 0.3) is 14.1 Å². The molecule has 0 bridgehead atoms. The van der Waals surface area contributed by atoms with Crippen molar-refractivity contribution in [2.45, 2.75) is 56.4 Å². The van der Waals surface area contributed by atoms with E-state index in [2.05, 4.69) is 27.7 Å². The Bertz CT molecular complexity index is 72.9. The van der Waals surface area contributed by atoms with E-state index in [1.54, 1.807) is 15.8 Å². The van der Waals surface area contributed by atoms with Gasteiger partial charge in [0.05, 0.1) is 0 Å². The van der Waals surface area contributed by atoms with Gasteiger partial charge in [-0.25, -0.2) is 0 Å². The van der Waals surface area contributed by atoms with Gasteiger partial charge in [-0.15, -0.1) is 0 Å². The normalized spacial score (nSPS) is 10.6. The van der Waals surface area contributed by atoms with E-state index < -0.39 is 0 Å². The van der Waals surface area contributed by atoms with Gasteiger partial charge < -0.3 is 0 Å². The third-order valence-corrected chi connectivity index (χ3v) is 6.60. The molecular formula is C10H23Al. The Balaban J connectivity index is 3.50. The second-order valence-corrected chi connectivity index (χ2v) is 7.43. The number of hydrogen-bond acceptors (Lipinski definition) is 0. The van der Waals surface area contributed by atoms with E-state index in [-0.39, 0.29) is 14.1 Å². The first kappa shape index (κ1) is 11.5. The van der Waals surface area contributed by atoms with Crippen molar-refractivity contribution in [1.82, 2.24) is 0 Å². The van der Waals surface area contributed by atoms with Gasteiger partial charge in [0.2, 0.25) is 0 Å². The highest BCUT2D eigenvalue weighted by Crippen LogP contribution is 2.15. The second kappa shape index (κ2) is 7.20. The third-order valence-electron chi connectivity index (χ3n) is 2.20. The van der Waals surface area contributed by atoms with Crippen LogP contribution in [0, 0.1) is 5.92 Å². The van der Waals surface area contributed by atoms with Crippen LogP contribution < -0.4 is 0 Å². The van der Waals surface area contributed by atoms with Crippen LogP contribution in [0.5, 0.6) is 0 Å². The average molecular weight is 170 g/mol. The van der Waals surface area contributed by atoms with Crippen LogP contribution in [0.1, 0.15) is 40.5 Å². The van der Waals surface area contributed by atoms with Gasteiger partial charge in [-0.1, -0.05) is 62.3 Å². The molecule has 1 heteroatoms. The lowest BCUT2D eigenvalue weighted by atomic mass is 10.3. The van der Waals surface area contributed by atoms with Gasteiger partial charge in [0.1, 0.15) is 0 Å². The zero-order valence-electron chi connectivity index (χ0n) is 8.69. The van der Waals surface area contributed by atoms with E-state index in [0.717, 1.165) is 5.92 Å². The van der Waals surface area contributed by atoms with Crippen molar-refractivity contribution in [3.8, 4) is 0 Å². The number of hydrogen-bond donors (Lipinski definition) is 0. The molecule has 0 fully saturated rings. The average Bonchev–Trinajstić information content (AvgIpc) is 1.87. The lowest BCUT2D eigenvalue weighted by Gasteiger charge is -2.11. The summed E-state index contributed by atoms with van der Waals surface area (Å²) in [4.78, 5) is 0. The summed E-state index contributed by atoms with van der Waals surface area (Å²) in [6.07, 6.45) is 2.84. The van der Waals surface area contributed by atoms with Crippen LogP contribution in [0.3, 0.4) is 0 Å². The van der Waals surface area contributed by atoms with Crippen LogP contribution in [-0.4, -0.2) is 14.1 Å².